The van der Waals surface area contributed by atoms with Gasteiger partial charge in [0, 0.05) is 17.0 Å². The highest BCUT2D eigenvalue weighted by molar-refractivity contribution is 6.04. The van der Waals surface area contributed by atoms with E-state index in [0.29, 0.717) is 29.6 Å². The Labute approximate surface area is 179 Å². The van der Waals surface area contributed by atoms with Crippen LogP contribution in [-0.2, 0) is 9.53 Å². The normalized spacial score (nSPS) is 17.2. The smallest absolute Gasteiger partial charge is 0.339 e. The van der Waals surface area contributed by atoms with E-state index in [2.05, 4.69) is 10.3 Å². The molecule has 0 radical (unpaired) electrons. The Hall–Kier alpha value is -3.61. The van der Waals surface area contributed by atoms with Crippen LogP contribution in [0.3, 0.4) is 0 Å². The first-order valence-corrected chi connectivity index (χ1v) is 10.4. The average molecular weight is 418 g/mol. The minimum atomic E-state index is -0.526. The maximum Gasteiger partial charge on any atom is 0.339 e. The molecular formula is C24H22N2O5. The summed E-state index contributed by atoms with van der Waals surface area (Å²) in [6, 6.07) is 16.7. The molecule has 31 heavy (non-hydrogen) atoms. The van der Waals surface area contributed by atoms with Gasteiger partial charge in [0.05, 0.1) is 17.6 Å². The van der Waals surface area contributed by atoms with Gasteiger partial charge in [-0.15, -0.1) is 0 Å². The third-order valence-corrected chi connectivity index (χ3v) is 5.38. The number of nitrogens with one attached hydrogen (secondary N) is 1. The summed E-state index contributed by atoms with van der Waals surface area (Å²) in [6.07, 6.45) is 1.86. The summed E-state index contributed by atoms with van der Waals surface area (Å²) in [5.74, 6) is 0.824. The molecular weight excluding hydrogens is 396 g/mol. The second-order valence-corrected chi connectivity index (χ2v) is 7.76. The second kappa shape index (κ2) is 8.26. The number of esters is 1. The van der Waals surface area contributed by atoms with Crippen molar-refractivity contribution >= 4 is 22.8 Å². The van der Waals surface area contributed by atoms with Crippen molar-refractivity contribution in [2.45, 2.75) is 24.9 Å². The molecule has 1 N–H and O–H groups in total. The van der Waals surface area contributed by atoms with Crippen LogP contribution in [0.1, 0.15) is 34.8 Å². The minimum Gasteiger partial charge on any atom is -0.486 e. The summed E-state index contributed by atoms with van der Waals surface area (Å²) in [5, 5.41) is 3.46. The molecule has 1 unspecified atom stereocenters. The summed E-state index contributed by atoms with van der Waals surface area (Å²) >= 11 is 0. The molecule has 2 heterocycles. The Kier molecular flexibility index (Phi) is 5.16. The molecule has 1 aliphatic carbocycles. The maximum atomic E-state index is 12.7. The SMILES string of the molecule is O=C(COC(=O)c1cc(C2CC2)nc2ccccc12)NCC1COc2ccccc2O1. The van der Waals surface area contributed by atoms with Gasteiger partial charge in [0.25, 0.3) is 5.91 Å². The van der Waals surface area contributed by atoms with Gasteiger partial charge in [-0.1, -0.05) is 30.3 Å². The van der Waals surface area contributed by atoms with E-state index in [0.717, 1.165) is 29.4 Å². The Bertz CT molecular complexity index is 1140. The summed E-state index contributed by atoms with van der Waals surface area (Å²) in [4.78, 5) is 29.6. The number of carbonyl (C=O) groups is 2. The highest BCUT2D eigenvalue weighted by Gasteiger charge is 2.27. The zero-order chi connectivity index (χ0) is 21.2. The zero-order valence-corrected chi connectivity index (χ0v) is 16.9. The number of aromatic nitrogens is 1. The van der Waals surface area contributed by atoms with Crippen LogP contribution in [0, 0.1) is 0 Å². The predicted octanol–water partition coefficient (Wildman–Crippen LogP) is 3.23. The van der Waals surface area contributed by atoms with Crippen molar-refractivity contribution in [3.05, 3.63) is 65.9 Å². The van der Waals surface area contributed by atoms with Gasteiger partial charge in [0.2, 0.25) is 0 Å². The summed E-state index contributed by atoms with van der Waals surface area (Å²) in [5.41, 5.74) is 2.11. The molecule has 158 valence electrons. The Morgan fingerprint density at radius 3 is 2.68 bits per heavy atom. The van der Waals surface area contributed by atoms with Crippen LogP contribution in [0.4, 0.5) is 0 Å². The molecule has 2 aromatic carbocycles. The molecule has 0 bridgehead atoms. The lowest BCUT2D eigenvalue weighted by molar-refractivity contribution is -0.124. The summed E-state index contributed by atoms with van der Waals surface area (Å²) in [6.45, 7) is 0.233. The average Bonchev–Trinajstić information content (AvgIpc) is 3.66. The third kappa shape index (κ3) is 4.30. The van der Waals surface area contributed by atoms with Gasteiger partial charge < -0.3 is 19.5 Å². The molecule has 1 aliphatic heterocycles. The molecule has 1 aromatic heterocycles. The standard InChI is InChI=1S/C24H22N2O5/c27-23(25-12-16-13-29-21-7-3-4-8-22(21)31-16)14-30-24(28)18-11-20(15-9-10-15)26-19-6-2-1-5-17(18)19/h1-8,11,15-16H,9-10,12-14H2,(H,25,27). The van der Waals surface area contributed by atoms with Gasteiger partial charge in [0.15, 0.2) is 18.1 Å². The fourth-order valence-electron chi connectivity index (χ4n) is 3.60. The maximum absolute atomic E-state index is 12.7. The predicted molar refractivity (Wildman–Crippen MR) is 113 cm³/mol. The van der Waals surface area contributed by atoms with Gasteiger partial charge in [-0.25, -0.2) is 4.79 Å². The van der Waals surface area contributed by atoms with Gasteiger partial charge in [-0.3, -0.25) is 9.78 Å². The molecule has 1 amide bonds. The van der Waals surface area contributed by atoms with Gasteiger partial charge >= 0.3 is 5.97 Å². The first-order chi connectivity index (χ1) is 15.2. The molecule has 0 spiro atoms. The molecule has 7 heteroatoms. The fourth-order valence-corrected chi connectivity index (χ4v) is 3.60. The van der Waals surface area contributed by atoms with E-state index < -0.39 is 11.9 Å². The van der Waals surface area contributed by atoms with Crippen molar-refractivity contribution < 1.29 is 23.8 Å². The number of benzene rings is 2. The van der Waals surface area contributed by atoms with Crippen molar-refractivity contribution in [3.63, 3.8) is 0 Å². The molecule has 3 aromatic rings. The zero-order valence-electron chi connectivity index (χ0n) is 16.9. The largest absolute Gasteiger partial charge is 0.486 e. The van der Waals surface area contributed by atoms with Crippen LogP contribution >= 0.6 is 0 Å². The molecule has 0 saturated heterocycles. The molecule has 7 nitrogen and oxygen atoms in total. The highest BCUT2D eigenvalue weighted by atomic mass is 16.6. The number of carbonyl (C=O) groups excluding carboxylic acids is 2. The summed E-state index contributed by atoms with van der Waals surface area (Å²) < 4.78 is 16.7. The van der Waals surface area contributed by atoms with Crippen LogP contribution in [0.25, 0.3) is 10.9 Å². The van der Waals surface area contributed by atoms with Crippen LogP contribution in [0.15, 0.2) is 54.6 Å². The van der Waals surface area contributed by atoms with E-state index in [1.807, 2.05) is 48.5 Å². The topological polar surface area (TPSA) is 86.8 Å². The Morgan fingerprint density at radius 1 is 1.06 bits per heavy atom. The van der Waals surface area contributed by atoms with E-state index in [4.69, 9.17) is 14.2 Å². The number of fused-ring (bicyclic) bond motifs is 2. The van der Waals surface area contributed by atoms with Crippen LogP contribution in [0.5, 0.6) is 11.5 Å². The van der Waals surface area contributed by atoms with Gasteiger partial charge in [-0.05, 0) is 37.1 Å². The van der Waals surface area contributed by atoms with Crippen LogP contribution < -0.4 is 14.8 Å². The third-order valence-electron chi connectivity index (χ3n) is 5.38. The van der Waals surface area contributed by atoms with Crippen molar-refractivity contribution in [3.8, 4) is 11.5 Å². The lowest BCUT2D eigenvalue weighted by Gasteiger charge is -2.26. The molecule has 1 atom stereocenters. The molecule has 5 rings (SSSR count). The first-order valence-electron chi connectivity index (χ1n) is 10.4. The van der Waals surface area contributed by atoms with E-state index in [-0.39, 0.29) is 19.3 Å². The number of rotatable bonds is 6. The number of nitrogens with zero attached hydrogens (tertiary/aromatic N) is 1. The quantitative estimate of drug-likeness (QED) is 0.619. The Morgan fingerprint density at radius 2 is 1.84 bits per heavy atom. The molecule has 1 fully saturated rings. The minimum absolute atomic E-state index is 0.259. The monoisotopic (exact) mass is 418 g/mol. The van der Waals surface area contributed by atoms with Crippen molar-refractivity contribution in [1.29, 1.82) is 0 Å². The van der Waals surface area contributed by atoms with E-state index >= 15 is 0 Å². The lowest BCUT2D eigenvalue weighted by atomic mass is 10.1. The number of para-hydroxylation sites is 3. The van der Waals surface area contributed by atoms with E-state index in [1.54, 1.807) is 6.07 Å². The fraction of sp³-hybridized carbons (Fsp3) is 0.292. The van der Waals surface area contributed by atoms with Gasteiger partial charge in [0.1, 0.15) is 12.7 Å². The van der Waals surface area contributed by atoms with Crippen molar-refractivity contribution in [2.75, 3.05) is 19.8 Å². The number of hydrogen-bond donors (Lipinski definition) is 1. The van der Waals surface area contributed by atoms with Crippen molar-refractivity contribution in [1.82, 2.24) is 10.3 Å². The number of ether oxygens (including phenoxy) is 3. The Balaban J connectivity index is 1.18. The van der Waals surface area contributed by atoms with Crippen LogP contribution in [-0.4, -0.2) is 42.7 Å². The van der Waals surface area contributed by atoms with Gasteiger partial charge in [-0.2, -0.15) is 0 Å². The van der Waals surface area contributed by atoms with Crippen LogP contribution in [0.2, 0.25) is 0 Å². The van der Waals surface area contributed by atoms with E-state index in [9.17, 15) is 9.59 Å². The number of amides is 1. The molecule has 2 aliphatic rings. The number of hydrogen-bond acceptors (Lipinski definition) is 6. The highest BCUT2D eigenvalue weighted by Crippen LogP contribution is 2.40. The molecule has 1 saturated carbocycles. The second-order valence-electron chi connectivity index (χ2n) is 7.76. The summed E-state index contributed by atoms with van der Waals surface area (Å²) in [7, 11) is 0. The van der Waals surface area contributed by atoms with E-state index in [1.165, 1.54) is 0 Å². The lowest BCUT2D eigenvalue weighted by Crippen LogP contribution is -2.42. The first kappa shape index (κ1) is 19.4. The number of pyridine rings is 1. The van der Waals surface area contributed by atoms with Crippen molar-refractivity contribution in [2.24, 2.45) is 0 Å².